The number of carbonyl (C=O) groups is 3. The summed E-state index contributed by atoms with van der Waals surface area (Å²) in [7, 11) is 0. The van der Waals surface area contributed by atoms with E-state index in [0.717, 1.165) is 16.9 Å². The predicted molar refractivity (Wildman–Crippen MR) is 96.2 cm³/mol. The molecule has 0 atom stereocenters. The largest absolute Gasteiger partial charge is 0.451 e. The van der Waals surface area contributed by atoms with E-state index in [1.54, 1.807) is 24.3 Å². The maximum Gasteiger partial charge on any atom is 0.335 e. The maximum atomic E-state index is 12.6. The van der Waals surface area contributed by atoms with Crippen molar-refractivity contribution in [3.63, 3.8) is 0 Å². The quantitative estimate of drug-likeness (QED) is 0.456. The van der Waals surface area contributed by atoms with Crippen molar-refractivity contribution in [2.24, 2.45) is 0 Å². The minimum atomic E-state index is -0.763. The van der Waals surface area contributed by atoms with Gasteiger partial charge in [-0.05, 0) is 64.9 Å². The molecule has 1 aromatic heterocycles. The van der Waals surface area contributed by atoms with E-state index < -0.39 is 17.8 Å². The topological polar surface area (TPSA) is 79.6 Å². The lowest BCUT2D eigenvalue weighted by atomic mass is 10.1. The van der Waals surface area contributed by atoms with Gasteiger partial charge in [-0.3, -0.25) is 14.9 Å². The fourth-order valence-electron chi connectivity index (χ4n) is 2.32. The Morgan fingerprint density at radius 2 is 1.83 bits per heavy atom. The summed E-state index contributed by atoms with van der Waals surface area (Å²) in [6.45, 7) is 2.01. The number of barbiturate groups is 1. The smallest absolute Gasteiger partial charge is 0.335 e. The highest BCUT2D eigenvalue weighted by atomic mass is 127. The molecule has 3 rings (SSSR count). The maximum absolute atomic E-state index is 12.6. The van der Waals surface area contributed by atoms with Crippen LogP contribution >= 0.6 is 22.6 Å². The number of anilines is 1. The molecule has 1 N–H and O–H groups in total. The molecule has 1 fully saturated rings. The van der Waals surface area contributed by atoms with Crippen LogP contribution in [0.4, 0.5) is 10.5 Å². The van der Waals surface area contributed by atoms with Gasteiger partial charge in [-0.2, -0.15) is 0 Å². The van der Waals surface area contributed by atoms with E-state index in [1.165, 1.54) is 6.08 Å². The molecule has 1 aromatic carbocycles. The van der Waals surface area contributed by atoms with E-state index in [9.17, 15) is 14.4 Å². The second-order valence-corrected chi connectivity index (χ2v) is 6.18. The number of aryl methyl sites for hydroxylation is 1. The molecule has 0 bridgehead atoms. The lowest BCUT2D eigenvalue weighted by Gasteiger charge is -2.26. The van der Waals surface area contributed by atoms with Crippen LogP contribution in [0.5, 0.6) is 0 Å². The summed E-state index contributed by atoms with van der Waals surface area (Å²) in [6.07, 6.45) is 2.18. The molecule has 0 spiro atoms. The zero-order valence-electron chi connectivity index (χ0n) is 12.7. The summed E-state index contributed by atoms with van der Waals surface area (Å²) in [5.74, 6) is -1.05. The van der Waals surface area contributed by atoms with Crippen LogP contribution < -0.4 is 10.2 Å². The lowest BCUT2D eigenvalue weighted by Crippen LogP contribution is -2.54. The molecular weight excluding hydrogens is 423 g/mol. The monoisotopic (exact) mass is 436 g/mol. The van der Waals surface area contributed by atoms with Gasteiger partial charge in [0.2, 0.25) is 0 Å². The van der Waals surface area contributed by atoms with Crippen molar-refractivity contribution in [3.8, 4) is 0 Å². The number of rotatable bonds is 3. The molecule has 2 aromatic rings. The molecule has 4 amide bonds. The normalized spacial score (nSPS) is 16.7. The highest BCUT2D eigenvalue weighted by molar-refractivity contribution is 14.1. The molecule has 122 valence electrons. The second-order valence-electron chi connectivity index (χ2n) is 5.12. The predicted octanol–water partition coefficient (Wildman–Crippen LogP) is 3.11. The summed E-state index contributed by atoms with van der Waals surface area (Å²) in [6, 6.07) is 9.63. The number of nitrogens with one attached hydrogen (secondary N) is 1. The summed E-state index contributed by atoms with van der Waals surface area (Å²) < 4.78 is 5.99. The molecule has 1 aliphatic rings. The van der Waals surface area contributed by atoms with Crippen molar-refractivity contribution >= 4 is 52.2 Å². The van der Waals surface area contributed by atoms with Gasteiger partial charge in [0.25, 0.3) is 11.8 Å². The minimum absolute atomic E-state index is 0.153. The van der Waals surface area contributed by atoms with Crippen LogP contribution in [-0.2, 0) is 16.0 Å². The number of halogens is 1. The van der Waals surface area contributed by atoms with E-state index in [-0.39, 0.29) is 5.57 Å². The molecule has 0 saturated carbocycles. The zero-order valence-corrected chi connectivity index (χ0v) is 14.9. The summed E-state index contributed by atoms with van der Waals surface area (Å²) in [5.41, 5.74) is 1.34. The standard InChI is InChI=1S/C17H13IN2O4/c1-2-10-3-5-11(6-4-10)20-16(22)13(15(21)19-17(20)23)9-12-7-8-14(18)24-12/h3-9H,2H2,1H3,(H,19,21,23)/b13-9-. The Bertz CT molecular complexity index is 852. The Morgan fingerprint density at radius 3 is 2.42 bits per heavy atom. The first-order chi connectivity index (χ1) is 11.5. The van der Waals surface area contributed by atoms with Gasteiger partial charge in [0.05, 0.1) is 5.69 Å². The van der Waals surface area contributed by atoms with Crippen LogP contribution in [0, 0.1) is 3.77 Å². The van der Waals surface area contributed by atoms with Gasteiger partial charge in [-0.25, -0.2) is 9.69 Å². The van der Waals surface area contributed by atoms with E-state index in [1.807, 2.05) is 41.6 Å². The van der Waals surface area contributed by atoms with Crippen molar-refractivity contribution in [2.75, 3.05) is 4.90 Å². The fraction of sp³-hybridized carbons (Fsp3) is 0.118. The average Bonchev–Trinajstić information content (AvgIpc) is 2.97. The van der Waals surface area contributed by atoms with Crippen LogP contribution in [-0.4, -0.2) is 17.8 Å². The number of benzene rings is 1. The van der Waals surface area contributed by atoms with Gasteiger partial charge in [-0.1, -0.05) is 19.1 Å². The SMILES string of the molecule is CCc1ccc(N2C(=O)NC(=O)/C(=C/c3ccc(I)o3)C2=O)cc1. The van der Waals surface area contributed by atoms with Gasteiger partial charge < -0.3 is 4.42 Å². The van der Waals surface area contributed by atoms with Gasteiger partial charge in [0, 0.05) is 0 Å². The Morgan fingerprint density at radius 1 is 1.12 bits per heavy atom. The molecule has 2 heterocycles. The van der Waals surface area contributed by atoms with Gasteiger partial charge in [0.1, 0.15) is 11.3 Å². The molecule has 1 saturated heterocycles. The number of hydrogen-bond acceptors (Lipinski definition) is 4. The third-order valence-corrected chi connectivity index (χ3v) is 4.16. The van der Waals surface area contributed by atoms with Crippen molar-refractivity contribution < 1.29 is 18.8 Å². The zero-order chi connectivity index (χ0) is 17.3. The first-order valence-corrected chi connectivity index (χ1v) is 8.33. The average molecular weight is 436 g/mol. The second kappa shape index (κ2) is 6.60. The number of furan rings is 1. The Balaban J connectivity index is 1.97. The number of nitrogens with zero attached hydrogens (tertiary/aromatic N) is 1. The summed E-state index contributed by atoms with van der Waals surface area (Å²) in [5, 5.41) is 2.18. The highest BCUT2D eigenvalue weighted by Gasteiger charge is 2.36. The van der Waals surface area contributed by atoms with Crippen LogP contribution in [0.2, 0.25) is 0 Å². The number of hydrogen-bond donors (Lipinski definition) is 1. The van der Waals surface area contributed by atoms with Crippen molar-refractivity contribution in [3.05, 3.63) is 57.1 Å². The van der Waals surface area contributed by atoms with Crippen LogP contribution in [0.15, 0.2) is 46.4 Å². The van der Waals surface area contributed by atoms with Crippen molar-refractivity contribution in [2.45, 2.75) is 13.3 Å². The summed E-state index contributed by atoms with van der Waals surface area (Å²) in [4.78, 5) is 37.7. The van der Waals surface area contributed by atoms with Crippen LogP contribution in [0.25, 0.3) is 6.08 Å². The number of urea groups is 1. The van der Waals surface area contributed by atoms with Crippen LogP contribution in [0.3, 0.4) is 0 Å². The van der Waals surface area contributed by atoms with Crippen molar-refractivity contribution in [1.29, 1.82) is 0 Å². The summed E-state index contributed by atoms with van der Waals surface area (Å²) >= 11 is 1.98. The first-order valence-electron chi connectivity index (χ1n) is 7.25. The number of imide groups is 2. The molecule has 0 aliphatic carbocycles. The van der Waals surface area contributed by atoms with Gasteiger partial charge >= 0.3 is 6.03 Å². The Kier molecular flexibility index (Phi) is 4.52. The number of amides is 4. The fourth-order valence-corrected chi connectivity index (χ4v) is 2.75. The highest BCUT2D eigenvalue weighted by Crippen LogP contribution is 2.23. The Hall–Kier alpha value is -2.42. The van der Waals surface area contributed by atoms with Gasteiger partial charge in [-0.15, -0.1) is 0 Å². The first kappa shape index (κ1) is 16.4. The third kappa shape index (κ3) is 3.12. The lowest BCUT2D eigenvalue weighted by molar-refractivity contribution is -0.122. The molecule has 0 radical (unpaired) electrons. The minimum Gasteiger partial charge on any atom is -0.451 e. The van der Waals surface area contributed by atoms with E-state index in [0.29, 0.717) is 15.2 Å². The van der Waals surface area contributed by atoms with Crippen LogP contribution in [0.1, 0.15) is 18.2 Å². The molecule has 6 nitrogen and oxygen atoms in total. The number of carbonyl (C=O) groups excluding carboxylic acids is 3. The van der Waals surface area contributed by atoms with E-state index in [4.69, 9.17) is 4.42 Å². The molecule has 24 heavy (non-hydrogen) atoms. The van der Waals surface area contributed by atoms with E-state index >= 15 is 0 Å². The molecule has 1 aliphatic heterocycles. The Labute approximate surface area is 151 Å². The van der Waals surface area contributed by atoms with E-state index in [2.05, 4.69) is 5.32 Å². The van der Waals surface area contributed by atoms with Gasteiger partial charge in [0.15, 0.2) is 3.77 Å². The molecular formula is C17H13IN2O4. The molecule has 7 heteroatoms. The molecule has 0 unspecified atom stereocenters. The van der Waals surface area contributed by atoms with Crippen molar-refractivity contribution in [1.82, 2.24) is 5.32 Å². The third-order valence-electron chi connectivity index (χ3n) is 3.59.